The van der Waals surface area contributed by atoms with Crippen molar-refractivity contribution in [2.45, 2.75) is 46.1 Å². The number of hydrogen-bond donors (Lipinski definition) is 3. The topological polar surface area (TPSA) is 75.3 Å². The van der Waals surface area contributed by atoms with E-state index in [9.17, 15) is 4.79 Å². The second kappa shape index (κ2) is 13.6. The summed E-state index contributed by atoms with van der Waals surface area (Å²) in [5, 5.41) is 10.2. The molecular formula is C35H39FN4O2. The molecule has 1 fully saturated rings. The van der Waals surface area contributed by atoms with Gasteiger partial charge in [0.15, 0.2) is 0 Å². The Balaban J connectivity index is 1.25. The molecule has 218 valence electrons. The zero-order valence-electron chi connectivity index (χ0n) is 24.4. The van der Waals surface area contributed by atoms with Gasteiger partial charge in [0.05, 0.1) is 17.8 Å². The number of piperidine rings is 1. The van der Waals surface area contributed by atoms with E-state index in [1.165, 1.54) is 6.07 Å². The van der Waals surface area contributed by atoms with Crippen molar-refractivity contribution in [3.63, 3.8) is 0 Å². The first-order valence-corrected chi connectivity index (χ1v) is 14.7. The van der Waals surface area contributed by atoms with Gasteiger partial charge in [-0.1, -0.05) is 49.4 Å². The molecule has 7 heteroatoms. The number of rotatable bonds is 11. The molecule has 0 bridgehead atoms. The summed E-state index contributed by atoms with van der Waals surface area (Å²) in [7, 11) is 0. The summed E-state index contributed by atoms with van der Waals surface area (Å²) in [6.07, 6.45) is 5.26. The van der Waals surface area contributed by atoms with Gasteiger partial charge in [0.1, 0.15) is 11.6 Å². The number of carbonyl (C=O) groups excluding carboxylic acids is 1. The molecule has 1 aliphatic heterocycles. The minimum Gasteiger partial charge on any atom is -0.493 e. The fraction of sp³-hybridized carbons (Fsp3) is 0.314. The van der Waals surface area contributed by atoms with Gasteiger partial charge in [0, 0.05) is 36.3 Å². The summed E-state index contributed by atoms with van der Waals surface area (Å²) in [5.74, 6) is 0.665. The second-order valence-corrected chi connectivity index (χ2v) is 11.1. The van der Waals surface area contributed by atoms with Crippen molar-refractivity contribution in [2.24, 2.45) is 5.92 Å². The first-order valence-electron chi connectivity index (χ1n) is 14.7. The number of fused-ring (bicyclic) bond motifs is 1. The Morgan fingerprint density at radius 2 is 1.90 bits per heavy atom. The van der Waals surface area contributed by atoms with E-state index in [1.807, 2.05) is 43.3 Å². The minimum atomic E-state index is -0.403. The molecule has 3 N–H and O–H groups in total. The van der Waals surface area contributed by atoms with Gasteiger partial charge in [-0.05, 0) is 91.7 Å². The lowest BCUT2D eigenvalue weighted by Crippen LogP contribution is -2.30. The molecule has 6 nitrogen and oxygen atoms in total. The third-order valence-electron chi connectivity index (χ3n) is 7.88. The van der Waals surface area contributed by atoms with Crippen LogP contribution in [0.2, 0.25) is 0 Å². The highest BCUT2D eigenvalue weighted by Gasteiger charge is 2.16. The predicted molar refractivity (Wildman–Crippen MR) is 167 cm³/mol. The molecule has 2 heterocycles. The number of ether oxygens (including phenoxy) is 1. The standard InChI is InChI=1S/C35H39FN4O2/c1-4-27-18-31-28(12-15-38-33(31)20-34(27)42-22-25-10-13-37-14-11-25)17-29-8-9-30(19-32(29)36)40-35(41)24(3)39-21-26-7-5-6-23(2)16-26/h5-9,12,15-16,18-20,25,37,39H,3-4,10-11,13-14,17,21-22H2,1-2H3,(H,40,41). The van der Waals surface area contributed by atoms with Crippen LogP contribution in [-0.2, 0) is 24.2 Å². The average molecular weight is 567 g/mol. The average Bonchev–Trinajstić information content (AvgIpc) is 3.00. The van der Waals surface area contributed by atoms with Crippen LogP contribution in [0.15, 0.2) is 79.1 Å². The summed E-state index contributed by atoms with van der Waals surface area (Å²) in [5.41, 5.74) is 6.29. The maximum absolute atomic E-state index is 15.3. The van der Waals surface area contributed by atoms with E-state index in [4.69, 9.17) is 4.74 Å². The lowest BCUT2D eigenvalue weighted by atomic mass is 9.97. The number of nitrogens with one attached hydrogen (secondary N) is 3. The van der Waals surface area contributed by atoms with Crippen molar-refractivity contribution in [2.75, 3.05) is 25.0 Å². The molecule has 0 saturated carbocycles. The van der Waals surface area contributed by atoms with Gasteiger partial charge >= 0.3 is 0 Å². The van der Waals surface area contributed by atoms with Gasteiger partial charge in [-0.3, -0.25) is 9.78 Å². The third-order valence-corrected chi connectivity index (χ3v) is 7.88. The van der Waals surface area contributed by atoms with Gasteiger partial charge in [-0.2, -0.15) is 0 Å². The van der Waals surface area contributed by atoms with E-state index in [0.717, 1.165) is 71.3 Å². The Labute approximate surface area is 247 Å². The molecule has 3 aromatic carbocycles. The first kappa shape index (κ1) is 29.3. The van der Waals surface area contributed by atoms with Crippen LogP contribution in [0.3, 0.4) is 0 Å². The summed E-state index contributed by atoms with van der Waals surface area (Å²) < 4.78 is 21.5. The van der Waals surface area contributed by atoms with Crippen LogP contribution in [0.1, 0.15) is 47.6 Å². The second-order valence-electron chi connectivity index (χ2n) is 11.1. The van der Waals surface area contributed by atoms with E-state index in [0.29, 0.717) is 36.7 Å². The number of aryl methyl sites for hydroxylation is 2. The Hall–Kier alpha value is -4.23. The monoisotopic (exact) mass is 566 g/mol. The summed E-state index contributed by atoms with van der Waals surface area (Å²) >= 11 is 0. The van der Waals surface area contributed by atoms with E-state index < -0.39 is 5.91 Å². The molecule has 0 aliphatic carbocycles. The molecule has 0 radical (unpaired) electrons. The van der Waals surface area contributed by atoms with Crippen LogP contribution in [-0.4, -0.2) is 30.6 Å². The number of halogens is 1. The van der Waals surface area contributed by atoms with Crippen molar-refractivity contribution in [1.29, 1.82) is 0 Å². The van der Waals surface area contributed by atoms with Crippen LogP contribution in [0.4, 0.5) is 10.1 Å². The summed E-state index contributed by atoms with van der Waals surface area (Å²) in [6.45, 7) is 11.3. The van der Waals surface area contributed by atoms with Crippen molar-refractivity contribution >= 4 is 22.5 Å². The Morgan fingerprint density at radius 1 is 1.07 bits per heavy atom. The molecule has 0 unspecified atom stereocenters. The minimum absolute atomic E-state index is 0.218. The number of nitrogens with zero attached hydrogens (tertiary/aromatic N) is 1. The smallest absolute Gasteiger partial charge is 0.271 e. The van der Waals surface area contributed by atoms with E-state index >= 15 is 4.39 Å². The number of amides is 1. The highest BCUT2D eigenvalue weighted by Crippen LogP contribution is 2.30. The highest BCUT2D eigenvalue weighted by molar-refractivity contribution is 6.02. The van der Waals surface area contributed by atoms with Gasteiger partial charge in [-0.15, -0.1) is 0 Å². The van der Waals surface area contributed by atoms with E-state index in [2.05, 4.69) is 40.5 Å². The van der Waals surface area contributed by atoms with Crippen LogP contribution >= 0.6 is 0 Å². The van der Waals surface area contributed by atoms with Gasteiger partial charge in [0.25, 0.3) is 5.91 Å². The zero-order chi connectivity index (χ0) is 29.5. The summed E-state index contributed by atoms with van der Waals surface area (Å²) in [6, 6.07) is 18.9. The van der Waals surface area contributed by atoms with E-state index in [-0.39, 0.29) is 11.5 Å². The number of pyridine rings is 1. The number of aromatic nitrogens is 1. The van der Waals surface area contributed by atoms with Crippen molar-refractivity contribution in [3.05, 3.63) is 113 Å². The Kier molecular flexibility index (Phi) is 9.49. The number of hydrogen-bond acceptors (Lipinski definition) is 5. The largest absolute Gasteiger partial charge is 0.493 e. The molecule has 1 saturated heterocycles. The van der Waals surface area contributed by atoms with Crippen molar-refractivity contribution in [3.8, 4) is 5.75 Å². The van der Waals surface area contributed by atoms with Crippen LogP contribution in [0.5, 0.6) is 5.75 Å². The maximum atomic E-state index is 15.3. The molecular weight excluding hydrogens is 527 g/mol. The normalized spacial score (nSPS) is 13.6. The Bertz CT molecular complexity index is 1580. The van der Waals surface area contributed by atoms with Crippen LogP contribution in [0.25, 0.3) is 10.9 Å². The van der Waals surface area contributed by atoms with Crippen LogP contribution in [0, 0.1) is 18.7 Å². The van der Waals surface area contributed by atoms with Crippen LogP contribution < -0.4 is 20.7 Å². The van der Waals surface area contributed by atoms with Crippen molar-refractivity contribution in [1.82, 2.24) is 15.6 Å². The lowest BCUT2D eigenvalue weighted by Gasteiger charge is -2.23. The van der Waals surface area contributed by atoms with Gasteiger partial charge < -0.3 is 20.7 Å². The molecule has 5 rings (SSSR count). The zero-order valence-corrected chi connectivity index (χ0v) is 24.4. The lowest BCUT2D eigenvalue weighted by molar-refractivity contribution is -0.113. The SMILES string of the molecule is C=C(NCc1cccc(C)c1)C(=O)Nc1ccc(Cc2ccnc3cc(OCC4CCNCC4)c(CC)cc23)c(F)c1. The molecule has 0 spiro atoms. The fourth-order valence-corrected chi connectivity index (χ4v) is 5.39. The molecule has 1 aliphatic rings. The third kappa shape index (κ3) is 7.34. The van der Waals surface area contributed by atoms with Gasteiger partial charge in [-0.25, -0.2) is 4.39 Å². The first-order chi connectivity index (χ1) is 20.4. The number of benzene rings is 3. The quantitative estimate of drug-likeness (QED) is 0.182. The van der Waals surface area contributed by atoms with Gasteiger partial charge in [0.2, 0.25) is 0 Å². The number of anilines is 1. The van der Waals surface area contributed by atoms with Crippen molar-refractivity contribution < 1.29 is 13.9 Å². The molecule has 4 aromatic rings. The number of carbonyl (C=O) groups is 1. The molecule has 1 amide bonds. The fourth-order valence-electron chi connectivity index (χ4n) is 5.39. The predicted octanol–water partition coefficient (Wildman–Crippen LogP) is 6.46. The summed E-state index contributed by atoms with van der Waals surface area (Å²) in [4.78, 5) is 17.2. The maximum Gasteiger partial charge on any atom is 0.271 e. The molecule has 42 heavy (non-hydrogen) atoms. The molecule has 0 atom stereocenters. The Morgan fingerprint density at radius 3 is 2.67 bits per heavy atom. The highest BCUT2D eigenvalue weighted by atomic mass is 19.1. The molecule has 1 aromatic heterocycles. The van der Waals surface area contributed by atoms with E-state index in [1.54, 1.807) is 18.3 Å².